The van der Waals surface area contributed by atoms with Gasteiger partial charge in [-0.15, -0.1) is 0 Å². The molecule has 1 aliphatic carbocycles. The molecule has 0 amide bonds. The molecule has 0 nitrogen and oxygen atoms in total. The number of hydrogen-bond acceptors (Lipinski definition) is 0. The summed E-state index contributed by atoms with van der Waals surface area (Å²) in [5.41, 5.74) is 5.80. The molecule has 0 radical (unpaired) electrons. The molecule has 0 atom stereocenters. The van der Waals surface area contributed by atoms with Crippen molar-refractivity contribution < 1.29 is 14.9 Å². The molecule has 0 saturated carbocycles. The molecule has 74 valence electrons. The second-order valence-electron chi connectivity index (χ2n) is 3.27. The average molecular weight is 489 g/mol. The van der Waals surface area contributed by atoms with Gasteiger partial charge in [-0.2, -0.15) is 0 Å². The van der Waals surface area contributed by atoms with Crippen molar-refractivity contribution in [1.82, 2.24) is 0 Å². The molecular weight excluding hydrogens is 477 g/mol. The normalized spacial score (nSPS) is 11.7. The van der Waals surface area contributed by atoms with Gasteiger partial charge in [0.15, 0.2) is 0 Å². The van der Waals surface area contributed by atoms with E-state index < -0.39 is 0 Å². The van der Waals surface area contributed by atoms with Gasteiger partial charge in [0.1, 0.15) is 0 Å². The third-order valence-corrected chi connectivity index (χ3v) is 2.42. The van der Waals surface area contributed by atoms with Crippen molar-refractivity contribution in [3.05, 3.63) is 40.5 Å². The third kappa shape index (κ3) is 3.41. The second-order valence-corrected chi connectivity index (χ2v) is 22.2. The van der Waals surface area contributed by atoms with Crippen LogP contribution in [0.25, 0.3) is 6.08 Å². The van der Waals surface area contributed by atoms with Gasteiger partial charge in [-0.1, -0.05) is 24.3 Å². The van der Waals surface area contributed by atoms with Gasteiger partial charge in [-0.25, -0.2) is 0 Å². The van der Waals surface area contributed by atoms with Gasteiger partial charge in [-0.3, -0.25) is 0 Å². The SMILES string of the molecule is Cc1ccc(C)c2c1C=CC2.[I][Zr][I]. The Bertz CT molecular complexity index is 345. The van der Waals surface area contributed by atoms with Gasteiger partial charge < -0.3 is 0 Å². The van der Waals surface area contributed by atoms with Gasteiger partial charge in [0, 0.05) is 0 Å². The van der Waals surface area contributed by atoms with Gasteiger partial charge in [0.05, 0.1) is 0 Å². The minimum atomic E-state index is 0.170. The summed E-state index contributed by atoms with van der Waals surface area (Å²) < 4.78 is 0. The molecule has 3 heteroatoms. The molecule has 0 aromatic heterocycles. The van der Waals surface area contributed by atoms with E-state index >= 15 is 0 Å². The Kier molecular flexibility index (Phi) is 6.49. The molecule has 0 bridgehead atoms. The zero-order valence-electron chi connectivity index (χ0n) is 8.27. The minimum absolute atomic E-state index is 0.170. The van der Waals surface area contributed by atoms with E-state index in [-0.39, 0.29) is 14.9 Å². The fraction of sp³-hybridized carbons (Fsp3) is 0.273. The molecule has 0 N–H and O–H groups in total. The third-order valence-electron chi connectivity index (χ3n) is 2.42. The molecule has 0 spiro atoms. The molecule has 0 unspecified atom stereocenters. The van der Waals surface area contributed by atoms with E-state index in [9.17, 15) is 0 Å². The van der Waals surface area contributed by atoms with Gasteiger partial charge in [0.25, 0.3) is 0 Å². The summed E-state index contributed by atoms with van der Waals surface area (Å²) in [6, 6.07) is 4.41. The van der Waals surface area contributed by atoms with Crippen molar-refractivity contribution in [3.8, 4) is 0 Å². The van der Waals surface area contributed by atoms with Crippen LogP contribution in [0.3, 0.4) is 0 Å². The number of aryl methyl sites for hydroxylation is 2. The van der Waals surface area contributed by atoms with Crippen LogP contribution in [0, 0.1) is 13.8 Å². The Balaban J connectivity index is 0.000000293. The molecule has 0 aliphatic heterocycles. The van der Waals surface area contributed by atoms with Crippen molar-refractivity contribution in [1.29, 1.82) is 0 Å². The van der Waals surface area contributed by atoms with Gasteiger partial charge in [-0.05, 0) is 42.5 Å². The Hall–Kier alpha value is 1.30. The van der Waals surface area contributed by atoms with Crippen molar-refractivity contribution in [2.75, 3.05) is 0 Å². The summed E-state index contributed by atoms with van der Waals surface area (Å²) >= 11 is 5.06. The number of halogens is 2. The standard InChI is InChI=1S/C11H12.2HI.Zr/c1-8-6-7-9(2)11-5-3-4-10(8)11;;;/h3-4,6-7H,5H2,1-2H3;2*1H;/q;;;+2/p-2. The van der Waals surface area contributed by atoms with E-state index in [2.05, 4.69) is 74.2 Å². The summed E-state index contributed by atoms with van der Waals surface area (Å²) in [4.78, 5) is 0. The summed E-state index contributed by atoms with van der Waals surface area (Å²) in [6.45, 7) is 4.36. The first-order valence-corrected chi connectivity index (χ1v) is 19.0. The van der Waals surface area contributed by atoms with E-state index in [1.54, 1.807) is 0 Å². The number of allylic oxidation sites excluding steroid dienone is 1. The first-order valence-electron chi connectivity index (χ1n) is 4.42. The maximum atomic E-state index is 2.45. The molecule has 0 fully saturated rings. The first kappa shape index (κ1) is 13.4. The molecule has 1 aliphatic rings. The predicted molar refractivity (Wildman–Crippen MR) is 76.7 cm³/mol. The first-order chi connectivity index (χ1) is 6.70. The zero-order valence-corrected chi connectivity index (χ0v) is 15.0. The van der Waals surface area contributed by atoms with Crippen molar-refractivity contribution in [3.63, 3.8) is 0 Å². The molecule has 2 rings (SSSR count). The van der Waals surface area contributed by atoms with Crippen LogP contribution >= 0.6 is 36.1 Å². The fourth-order valence-corrected chi connectivity index (χ4v) is 1.69. The van der Waals surface area contributed by atoms with Crippen LogP contribution in [0.15, 0.2) is 18.2 Å². The van der Waals surface area contributed by atoms with Crippen LogP contribution in [0.5, 0.6) is 0 Å². The Morgan fingerprint density at radius 2 is 1.71 bits per heavy atom. The Labute approximate surface area is 116 Å². The molecule has 0 saturated heterocycles. The fourth-order valence-electron chi connectivity index (χ4n) is 1.69. The molecule has 1 aromatic carbocycles. The number of rotatable bonds is 0. The summed E-state index contributed by atoms with van der Waals surface area (Å²) in [7, 11) is 0. The quantitative estimate of drug-likeness (QED) is 0.466. The van der Waals surface area contributed by atoms with E-state index in [4.69, 9.17) is 0 Å². The van der Waals surface area contributed by atoms with E-state index in [0.29, 0.717) is 0 Å². The maximum absolute atomic E-state index is 2.45. The summed E-state index contributed by atoms with van der Waals surface area (Å²) in [5.74, 6) is 0. The molecule has 0 heterocycles. The molecule has 14 heavy (non-hydrogen) atoms. The van der Waals surface area contributed by atoms with Crippen molar-refractivity contribution in [2.24, 2.45) is 0 Å². The van der Waals surface area contributed by atoms with E-state index in [1.807, 2.05) is 0 Å². The number of hydrogen-bond donors (Lipinski definition) is 0. The Morgan fingerprint density at radius 1 is 1.14 bits per heavy atom. The van der Waals surface area contributed by atoms with Gasteiger partial charge in [0.2, 0.25) is 0 Å². The van der Waals surface area contributed by atoms with Crippen molar-refractivity contribution >= 4 is 42.2 Å². The van der Waals surface area contributed by atoms with Crippen LogP contribution in [0.4, 0.5) is 0 Å². The predicted octanol–water partition coefficient (Wildman–Crippen LogP) is 4.64. The van der Waals surface area contributed by atoms with Crippen LogP contribution in [-0.4, -0.2) is 0 Å². The zero-order chi connectivity index (χ0) is 10.6. The van der Waals surface area contributed by atoms with E-state index in [1.165, 1.54) is 22.3 Å². The molecule has 1 aromatic rings. The monoisotopic (exact) mass is 488 g/mol. The van der Waals surface area contributed by atoms with Crippen LogP contribution in [0.2, 0.25) is 0 Å². The van der Waals surface area contributed by atoms with Crippen LogP contribution in [-0.2, 0) is 21.3 Å². The van der Waals surface area contributed by atoms with E-state index in [0.717, 1.165) is 6.42 Å². The van der Waals surface area contributed by atoms with Crippen LogP contribution in [0.1, 0.15) is 22.3 Å². The van der Waals surface area contributed by atoms with Gasteiger partial charge >= 0.3 is 50.9 Å². The summed E-state index contributed by atoms with van der Waals surface area (Å²) in [5, 5.41) is 0. The van der Waals surface area contributed by atoms with Crippen molar-refractivity contribution in [2.45, 2.75) is 20.3 Å². The summed E-state index contributed by atoms with van der Waals surface area (Å²) in [6.07, 6.45) is 5.60. The topological polar surface area (TPSA) is 0 Å². The Morgan fingerprint density at radius 3 is 2.29 bits per heavy atom. The number of benzene rings is 1. The number of fused-ring (bicyclic) bond motifs is 1. The average Bonchev–Trinajstić information content (AvgIpc) is 2.62. The molecular formula is C11H12I2Zr. The van der Waals surface area contributed by atoms with Crippen LogP contribution < -0.4 is 0 Å². The second kappa shape index (κ2) is 6.79.